The Bertz CT molecular complexity index is 174. The van der Waals surface area contributed by atoms with E-state index < -0.39 is 0 Å². The van der Waals surface area contributed by atoms with Crippen molar-refractivity contribution >= 4 is 5.91 Å². The fraction of sp³-hybridized carbons (Fsp3) is 0.900. The molecule has 0 unspecified atom stereocenters. The third-order valence-electron chi connectivity index (χ3n) is 2.40. The highest BCUT2D eigenvalue weighted by atomic mass is 16.5. The highest BCUT2D eigenvalue weighted by Crippen LogP contribution is 2.03. The molecule has 0 aromatic heterocycles. The van der Waals surface area contributed by atoms with Crippen molar-refractivity contribution in [2.75, 3.05) is 33.5 Å². The summed E-state index contributed by atoms with van der Waals surface area (Å²) in [5, 5.41) is 2.90. The molecular weight excluding hydrogens is 180 g/mol. The van der Waals surface area contributed by atoms with E-state index in [1.54, 1.807) is 7.11 Å². The lowest BCUT2D eigenvalue weighted by Crippen LogP contribution is -2.39. The number of carbonyl (C=O) groups excluding carboxylic acids is 1. The van der Waals surface area contributed by atoms with Crippen LogP contribution in [0.3, 0.4) is 0 Å². The van der Waals surface area contributed by atoms with Gasteiger partial charge in [-0.1, -0.05) is 12.8 Å². The Kier molecular flexibility index (Phi) is 5.56. The average Bonchev–Trinajstić information content (AvgIpc) is 2.17. The largest absolute Gasteiger partial charge is 0.369 e. The Morgan fingerprint density at radius 2 is 2.14 bits per heavy atom. The minimum absolute atomic E-state index is 0.115. The fourth-order valence-corrected chi connectivity index (χ4v) is 1.67. The first-order valence-electron chi connectivity index (χ1n) is 5.31. The standard InChI is InChI=1S/C10H20N2O2/c1-14-9-12-7-5-3-2-4-6-11-10(13)8-12/h2-9H2,1H3,(H,11,13). The van der Waals surface area contributed by atoms with Crippen molar-refractivity contribution < 1.29 is 9.53 Å². The Morgan fingerprint density at radius 3 is 2.93 bits per heavy atom. The van der Waals surface area contributed by atoms with Crippen LogP contribution >= 0.6 is 0 Å². The number of hydrogen-bond acceptors (Lipinski definition) is 3. The van der Waals surface area contributed by atoms with Gasteiger partial charge in [-0.15, -0.1) is 0 Å². The quantitative estimate of drug-likeness (QED) is 0.709. The first-order chi connectivity index (χ1) is 6.83. The Morgan fingerprint density at radius 1 is 1.36 bits per heavy atom. The molecule has 1 aliphatic heterocycles. The molecule has 1 fully saturated rings. The van der Waals surface area contributed by atoms with Crippen molar-refractivity contribution in [3.63, 3.8) is 0 Å². The van der Waals surface area contributed by atoms with Gasteiger partial charge < -0.3 is 10.1 Å². The van der Waals surface area contributed by atoms with Crippen LogP contribution in [0.4, 0.5) is 0 Å². The monoisotopic (exact) mass is 200 g/mol. The van der Waals surface area contributed by atoms with E-state index in [0.717, 1.165) is 25.9 Å². The summed E-state index contributed by atoms with van der Waals surface area (Å²) in [4.78, 5) is 13.4. The van der Waals surface area contributed by atoms with Crippen molar-refractivity contribution in [2.24, 2.45) is 0 Å². The number of carbonyl (C=O) groups is 1. The second-order valence-corrected chi connectivity index (χ2v) is 3.73. The Balaban J connectivity index is 2.35. The van der Waals surface area contributed by atoms with Crippen LogP contribution in [0, 0.1) is 0 Å². The molecule has 1 N–H and O–H groups in total. The van der Waals surface area contributed by atoms with E-state index in [9.17, 15) is 4.79 Å². The zero-order valence-corrected chi connectivity index (χ0v) is 8.92. The van der Waals surface area contributed by atoms with Gasteiger partial charge in [0.2, 0.25) is 5.91 Å². The van der Waals surface area contributed by atoms with Crippen LogP contribution in [0.5, 0.6) is 0 Å². The predicted molar refractivity (Wildman–Crippen MR) is 54.9 cm³/mol. The molecule has 0 spiro atoms. The van der Waals surface area contributed by atoms with Gasteiger partial charge in [0.15, 0.2) is 0 Å². The minimum Gasteiger partial charge on any atom is -0.369 e. The van der Waals surface area contributed by atoms with Crippen LogP contribution in [0.15, 0.2) is 0 Å². The lowest BCUT2D eigenvalue weighted by molar-refractivity contribution is -0.123. The Hall–Kier alpha value is -0.610. The summed E-state index contributed by atoms with van der Waals surface area (Å²) in [6, 6.07) is 0. The molecule has 4 nitrogen and oxygen atoms in total. The molecule has 1 amide bonds. The van der Waals surface area contributed by atoms with Gasteiger partial charge in [-0.05, 0) is 12.8 Å². The zero-order valence-electron chi connectivity index (χ0n) is 8.92. The molecule has 0 saturated carbocycles. The molecular formula is C10H20N2O2. The topological polar surface area (TPSA) is 41.6 Å². The van der Waals surface area contributed by atoms with E-state index >= 15 is 0 Å². The maximum absolute atomic E-state index is 11.4. The van der Waals surface area contributed by atoms with Gasteiger partial charge in [0.1, 0.15) is 0 Å². The number of rotatable bonds is 2. The van der Waals surface area contributed by atoms with Crippen molar-refractivity contribution in [3.05, 3.63) is 0 Å². The first kappa shape index (κ1) is 11.5. The maximum Gasteiger partial charge on any atom is 0.234 e. The van der Waals surface area contributed by atoms with Crippen LogP contribution in [0.25, 0.3) is 0 Å². The number of hydrogen-bond donors (Lipinski definition) is 1. The predicted octanol–water partition coefficient (Wildman–Crippen LogP) is 0.583. The second-order valence-electron chi connectivity index (χ2n) is 3.73. The van der Waals surface area contributed by atoms with E-state index in [4.69, 9.17) is 4.74 Å². The lowest BCUT2D eigenvalue weighted by atomic mass is 10.2. The van der Waals surface area contributed by atoms with E-state index in [0.29, 0.717) is 13.3 Å². The van der Waals surface area contributed by atoms with Gasteiger partial charge >= 0.3 is 0 Å². The van der Waals surface area contributed by atoms with E-state index in [2.05, 4.69) is 5.32 Å². The summed E-state index contributed by atoms with van der Waals surface area (Å²) in [5.41, 5.74) is 0. The Labute approximate surface area is 85.6 Å². The zero-order chi connectivity index (χ0) is 10.2. The van der Waals surface area contributed by atoms with Crippen LogP contribution in [-0.2, 0) is 9.53 Å². The summed E-state index contributed by atoms with van der Waals surface area (Å²) < 4.78 is 5.04. The molecule has 14 heavy (non-hydrogen) atoms. The van der Waals surface area contributed by atoms with Gasteiger partial charge in [-0.3, -0.25) is 9.69 Å². The van der Waals surface area contributed by atoms with E-state index in [1.165, 1.54) is 12.8 Å². The third-order valence-corrected chi connectivity index (χ3v) is 2.40. The molecule has 0 aromatic rings. The van der Waals surface area contributed by atoms with E-state index in [1.807, 2.05) is 4.90 Å². The van der Waals surface area contributed by atoms with Gasteiger partial charge in [-0.25, -0.2) is 0 Å². The van der Waals surface area contributed by atoms with Gasteiger partial charge in [0.05, 0.1) is 13.3 Å². The fourth-order valence-electron chi connectivity index (χ4n) is 1.67. The maximum atomic E-state index is 11.4. The molecule has 82 valence electrons. The smallest absolute Gasteiger partial charge is 0.234 e. The molecule has 1 heterocycles. The van der Waals surface area contributed by atoms with Crippen LogP contribution in [0.2, 0.25) is 0 Å². The first-order valence-corrected chi connectivity index (χ1v) is 5.31. The summed E-state index contributed by atoms with van der Waals surface area (Å²) in [5.74, 6) is 0.115. The molecule has 0 atom stereocenters. The molecule has 0 aliphatic carbocycles. The van der Waals surface area contributed by atoms with Crippen LogP contribution in [0.1, 0.15) is 25.7 Å². The molecule has 0 radical (unpaired) electrons. The molecule has 1 saturated heterocycles. The highest BCUT2D eigenvalue weighted by Gasteiger charge is 2.10. The highest BCUT2D eigenvalue weighted by molar-refractivity contribution is 5.77. The van der Waals surface area contributed by atoms with Gasteiger partial charge in [0, 0.05) is 20.2 Å². The van der Waals surface area contributed by atoms with Crippen molar-refractivity contribution in [1.82, 2.24) is 10.2 Å². The van der Waals surface area contributed by atoms with Crippen molar-refractivity contribution in [1.29, 1.82) is 0 Å². The van der Waals surface area contributed by atoms with Gasteiger partial charge in [-0.2, -0.15) is 0 Å². The second kappa shape index (κ2) is 6.79. The summed E-state index contributed by atoms with van der Waals surface area (Å²) in [6.45, 7) is 2.79. The van der Waals surface area contributed by atoms with Crippen molar-refractivity contribution in [2.45, 2.75) is 25.7 Å². The molecule has 4 heteroatoms. The number of nitrogens with zero attached hydrogens (tertiary/aromatic N) is 1. The third kappa shape index (κ3) is 4.58. The molecule has 0 bridgehead atoms. The number of nitrogens with one attached hydrogen (secondary N) is 1. The summed E-state index contributed by atoms with van der Waals surface area (Å²) >= 11 is 0. The minimum atomic E-state index is 0.115. The molecule has 1 aliphatic rings. The van der Waals surface area contributed by atoms with Crippen LogP contribution < -0.4 is 5.32 Å². The summed E-state index contributed by atoms with van der Waals surface area (Å²) in [7, 11) is 1.66. The SMILES string of the molecule is COCN1CCCCCCNC(=O)C1. The normalized spacial score (nSPS) is 21.6. The summed E-state index contributed by atoms with van der Waals surface area (Å²) in [6.07, 6.45) is 4.73. The number of ether oxygens (including phenoxy) is 1. The average molecular weight is 200 g/mol. The van der Waals surface area contributed by atoms with Gasteiger partial charge in [0.25, 0.3) is 0 Å². The van der Waals surface area contributed by atoms with Crippen LogP contribution in [-0.4, -0.2) is 44.3 Å². The lowest BCUT2D eigenvalue weighted by Gasteiger charge is -2.21. The van der Waals surface area contributed by atoms with E-state index in [-0.39, 0.29) is 5.91 Å². The number of methoxy groups -OCH3 is 1. The van der Waals surface area contributed by atoms with Crippen molar-refractivity contribution in [3.8, 4) is 0 Å². The molecule has 1 rings (SSSR count). The number of amides is 1. The molecule has 0 aromatic carbocycles.